The lowest BCUT2D eigenvalue weighted by Gasteiger charge is -2.17. The molecule has 16 heavy (non-hydrogen) atoms. The molecule has 0 spiro atoms. The Labute approximate surface area is 94.5 Å². The number of hydrogen-bond donors (Lipinski definition) is 0. The van der Waals surface area contributed by atoms with Gasteiger partial charge in [-0.05, 0) is 12.1 Å². The predicted octanol–water partition coefficient (Wildman–Crippen LogP) is 1.91. The SMILES string of the molecule is COC(=O)N(C)c1ccc(OC)c(OC)c1. The Morgan fingerprint density at radius 1 is 1.12 bits per heavy atom. The minimum absolute atomic E-state index is 0.438. The number of nitrogens with zero attached hydrogens (tertiary/aromatic N) is 1. The number of amides is 1. The van der Waals surface area contributed by atoms with Crippen LogP contribution in [0, 0.1) is 0 Å². The summed E-state index contributed by atoms with van der Waals surface area (Å²) in [6, 6.07) is 5.18. The number of anilines is 1. The van der Waals surface area contributed by atoms with Crippen molar-refractivity contribution in [1.82, 2.24) is 0 Å². The monoisotopic (exact) mass is 225 g/mol. The third-order valence-electron chi connectivity index (χ3n) is 2.20. The molecule has 0 aliphatic rings. The number of rotatable bonds is 3. The zero-order valence-corrected chi connectivity index (χ0v) is 9.81. The summed E-state index contributed by atoms with van der Waals surface area (Å²) < 4.78 is 14.8. The molecule has 0 saturated carbocycles. The third kappa shape index (κ3) is 2.36. The molecule has 0 bridgehead atoms. The molecule has 0 saturated heterocycles. The Morgan fingerprint density at radius 3 is 2.25 bits per heavy atom. The molecule has 0 fully saturated rings. The molecule has 5 nitrogen and oxygen atoms in total. The van der Waals surface area contributed by atoms with Crippen LogP contribution in [-0.4, -0.2) is 34.5 Å². The van der Waals surface area contributed by atoms with Crippen LogP contribution < -0.4 is 14.4 Å². The van der Waals surface area contributed by atoms with E-state index in [-0.39, 0.29) is 0 Å². The number of benzene rings is 1. The van der Waals surface area contributed by atoms with Crippen LogP contribution >= 0.6 is 0 Å². The van der Waals surface area contributed by atoms with E-state index >= 15 is 0 Å². The van der Waals surface area contributed by atoms with Gasteiger partial charge in [0.25, 0.3) is 0 Å². The summed E-state index contributed by atoms with van der Waals surface area (Å²) in [5.74, 6) is 1.18. The van der Waals surface area contributed by atoms with Crippen LogP contribution in [0.3, 0.4) is 0 Å². The number of carbonyl (C=O) groups excluding carboxylic acids is 1. The second-order valence-corrected chi connectivity index (χ2v) is 3.07. The minimum atomic E-state index is -0.438. The second kappa shape index (κ2) is 5.25. The lowest BCUT2D eigenvalue weighted by molar-refractivity contribution is 0.180. The van der Waals surface area contributed by atoms with Crippen LogP contribution in [0.1, 0.15) is 0 Å². The first-order valence-corrected chi connectivity index (χ1v) is 4.67. The molecule has 0 unspecified atom stereocenters. The number of methoxy groups -OCH3 is 3. The van der Waals surface area contributed by atoms with Crippen molar-refractivity contribution in [3.05, 3.63) is 18.2 Å². The van der Waals surface area contributed by atoms with E-state index < -0.39 is 6.09 Å². The van der Waals surface area contributed by atoms with Gasteiger partial charge in [-0.15, -0.1) is 0 Å². The van der Waals surface area contributed by atoms with Crippen molar-refractivity contribution in [2.45, 2.75) is 0 Å². The maximum absolute atomic E-state index is 11.3. The molecule has 1 aromatic carbocycles. The number of ether oxygens (including phenoxy) is 3. The molecule has 0 aliphatic heterocycles. The average molecular weight is 225 g/mol. The predicted molar refractivity (Wildman–Crippen MR) is 60.4 cm³/mol. The van der Waals surface area contributed by atoms with E-state index in [9.17, 15) is 4.79 Å². The van der Waals surface area contributed by atoms with Crippen molar-refractivity contribution in [3.8, 4) is 11.5 Å². The van der Waals surface area contributed by atoms with Crippen LogP contribution in [0.2, 0.25) is 0 Å². The molecule has 0 N–H and O–H groups in total. The van der Waals surface area contributed by atoms with Crippen LogP contribution in [-0.2, 0) is 4.74 Å². The van der Waals surface area contributed by atoms with Gasteiger partial charge < -0.3 is 14.2 Å². The van der Waals surface area contributed by atoms with Gasteiger partial charge in [-0.25, -0.2) is 4.79 Å². The third-order valence-corrected chi connectivity index (χ3v) is 2.20. The summed E-state index contributed by atoms with van der Waals surface area (Å²) >= 11 is 0. The van der Waals surface area contributed by atoms with Crippen LogP contribution in [0.5, 0.6) is 11.5 Å². The van der Waals surface area contributed by atoms with Crippen molar-refractivity contribution in [3.63, 3.8) is 0 Å². The quantitative estimate of drug-likeness (QED) is 0.788. The molecule has 1 aromatic rings. The van der Waals surface area contributed by atoms with Crippen molar-refractivity contribution in [2.24, 2.45) is 0 Å². The van der Waals surface area contributed by atoms with Crippen molar-refractivity contribution < 1.29 is 19.0 Å². The van der Waals surface area contributed by atoms with Gasteiger partial charge in [-0.1, -0.05) is 0 Å². The molecule has 0 radical (unpaired) electrons. The average Bonchev–Trinajstić information content (AvgIpc) is 2.35. The Balaban J connectivity index is 3.03. The molecule has 1 amide bonds. The lowest BCUT2D eigenvalue weighted by atomic mass is 10.2. The van der Waals surface area contributed by atoms with E-state index in [1.165, 1.54) is 12.0 Å². The largest absolute Gasteiger partial charge is 0.493 e. The van der Waals surface area contributed by atoms with Gasteiger partial charge in [0.1, 0.15) is 0 Å². The summed E-state index contributed by atoms with van der Waals surface area (Å²) in [6.45, 7) is 0. The first kappa shape index (κ1) is 12.2. The van der Waals surface area contributed by atoms with E-state index in [2.05, 4.69) is 4.74 Å². The van der Waals surface area contributed by atoms with E-state index in [0.717, 1.165) is 0 Å². The zero-order valence-electron chi connectivity index (χ0n) is 9.81. The summed E-state index contributed by atoms with van der Waals surface area (Å²) in [5.41, 5.74) is 0.671. The fourth-order valence-corrected chi connectivity index (χ4v) is 1.28. The normalized spacial score (nSPS) is 9.50. The maximum Gasteiger partial charge on any atom is 0.413 e. The standard InChI is InChI=1S/C11H15NO4/c1-12(11(13)16-4)8-5-6-9(14-2)10(7-8)15-3/h5-7H,1-4H3. The van der Waals surface area contributed by atoms with E-state index in [1.54, 1.807) is 39.5 Å². The molecular formula is C11H15NO4. The minimum Gasteiger partial charge on any atom is -0.493 e. The van der Waals surface area contributed by atoms with Gasteiger partial charge in [0, 0.05) is 13.1 Å². The van der Waals surface area contributed by atoms with Crippen LogP contribution in [0.25, 0.3) is 0 Å². The smallest absolute Gasteiger partial charge is 0.413 e. The van der Waals surface area contributed by atoms with Gasteiger partial charge in [0.05, 0.1) is 27.0 Å². The van der Waals surface area contributed by atoms with Gasteiger partial charge in [0.15, 0.2) is 11.5 Å². The Morgan fingerprint density at radius 2 is 1.75 bits per heavy atom. The van der Waals surface area contributed by atoms with Crippen molar-refractivity contribution in [1.29, 1.82) is 0 Å². The topological polar surface area (TPSA) is 48.0 Å². The lowest BCUT2D eigenvalue weighted by Crippen LogP contribution is -2.25. The molecular weight excluding hydrogens is 210 g/mol. The molecule has 0 aromatic heterocycles. The Kier molecular flexibility index (Phi) is 3.99. The molecule has 0 heterocycles. The first-order valence-electron chi connectivity index (χ1n) is 4.67. The zero-order chi connectivity index (χ0) is 12.1. The van der Waals surface area contributed by atoms with Crippen LogP contribution in [0.15, 0.2) is 18.2 Å². The van der Waals surface area contributed by atoms with Gasteiger partial charge in [-0.3, -0.25) is 4.90 Å². The number of carbonyl (C=O) groups is 1. The summed E-state index contributed by atoms with van der Waals surface area (Å²) in [5, 5.41) is 0. The fraction of sp³-hybridized carbons (Fsp3) is 0.364. The van der Waals surface area contributed by atoms with E-state index in [1.807, 2.05) is 0 Å². The van der Waals surface area contributed by atoms with E-state index in [4.69, 9.17) is 9.47 Å². The highest BCUT2D eigenvalue weighted by Crippen LogP contribution is 2.31. The van der Waals surface area contributed by atoms with Crippen molar-refractivity contribution >= 4 is 11.8 Å². The van der Waals surface area contributed by atoms with Gasteiger partial charge >= 0.3 is 6.09 Å². The maximum atomic E-state index is 11.3. The highest BCUT2D eigenvalue weighted by Gasteiger charge is 2.13. The number of hydrogen-bond acceptors (Lipinski definition) is 4. The van der Waals surface area contributed by atoms with Gasteiger partial charge in [-0.2, -0.15) is 0 Å². The first-order chi connectivity index (χ1) is 7.63. The Hall–Kier alpha value is -1.91. The highest BCUT2D eigenvalue weighted by molar-refractivity contribution is 5.87. The van der Waals surface area contributed by atoms with Crippen LogP contribution in [0.4, 0.5) is 10.5 Å². The van der Waals surface area contributed by atoms with Crippen molar-refractivity contribution in [2.75, 3.05) is 33.3 Å². The fourth-order valence-electron chi connectivity index (χ4n) is 1.28. The Bertz CT molecular complexity index is 378. The summed E-state index contributed by atoms with van der Waals surface area (Å²) in [4.78, 5) is 12.7. The molecule has 0 atom stereocenters. The molecule has 1 rings (SSSR count). The molecule has 0 aliphatic carbocycles. The highest BCUT2D eigenvalue weighted by atomic mass is 16.5. The second-order valence-electron chi connectivity index (χ2n) is 3.07. The summed E-state index contributed by atoms with van der Waals surface area (Å²) in [6.07, 6.45) is -0.438. The van der Waals surface area contributed by atoms with E-state index in [0.29, 0.717) is 17.2 Å². The molecule has 5 heteroatoms. The summed E-state index contributed by atoms with van der Waals surface area (Å²) in [7, 11) is 6.05. The molecule has 88 valence electrons. The van der Waals surface area contributed by atoms with Gasteiger partial charge in [0.2, 0.25) is 0 Å².